The minimum Gasteiger partial charge on any atom is -0.490 e. The van der Waals surface area contributed by atoms with Gasteiger partial charge in [0.15, 0.2) is 10.8 Å². The first kappa shape index (κ1) is 47.2. The number of carbonyl (C=O) groups is 4. The summed E-state index contributed by atoms with van der Waals surface area (Å²) in [6.07, 6.45) is 8.23. The van der Waals surface area contributed by atoms with Crippen molar-refractivity contribution in [2.24, 2.45) is 13.0 Å². The molecule has 72 heavy (non-hydrogen) atoms. The molecule has 11 rings (SSSR count). The summed E-state index contributed by atoms with van der Waals surface area (Å²) in [5.41, 5.74) is 8.50. The van der Waals surface area contributed by atoms with Crippen LogP contribution in [0.1, 0.15) is 101 Å². The number of para-hydroxylation sites is 1. The Kier molecular flexibility index (Phi) is 13.2. The fourth-order valence-electron chi connectivity index (χ4n) is 11.4. The van der Waals surface area contributed by atoms with Crippen molar-refractivity contribution in [1.29, 1.82) is 0 Å². The number of hydrogen-bond acceptors (Lipinski definition) is 12. The number of thiazole rings is 1. The monoisotopic (exact) mass is 985 g/mol. The normalized spacial score (nSPS) is 19.6. The summed E-state index contributed by atoms with van der Waals surface area (Å²) in [6, 6.07) is 29.6. The maximum Gasteiger partial charge on any atom is 0.355 e. The molecule has 3 fully saturated rings. The number of nitrogens with zero attached hydrogens (tertiary/aromatic N) is 7. The molecule has 4 aromatic carbocycles. The van der Waals surface area contributed by atoms with E-state index in [-0.39, 0.29) is 29.5 Å². The fourth-order valence-corrected chi connectivity index (χ4v) is 12.2. The average molecular weight is 986 g/mol. The Morgan fingerprint density at radius 2 is 1.67 bits per heavy atom. The molecule has 370 valence electrons. The Hall–Kier alpha value is -7.17. The number of benzene rings is 4. The van der Waals surface area contributed by atoms with Gasteiger partial charge in [0, 0.05) is 74.9 Å². The molecule has 1 aliphatic carbocycles. The van der Waals surface area contributed by atoms with Crippen molar-refractivity contribution in [3.63, 3.8) is 0 Å². The molecule has 0 spiro atoms. The maximum absolute atomic E-state index is 13.7. The van der Waals surface area contributed by atoms with Gasteiger partial charge in [0.25, 0.3) is 5.91 Å². The number of aromatic carboxylic acids is 1. The number of ether oxygens (including phenoxy) is 1. The van der Waals surface area contributed by atoms with Gasteiger partial charge in [-0.3, -0.25) is 34.6 Å². The number of carbonyl (C=O) groups excluding carboxylic acids is 3. The van der Waals surface area contributed by atoms with Crippen molar-refractivity contribution in [3.05, 3.63) is 125 Å². The number of carboxylic acid groups (broad SMARTS) is 1. The number of piperazine rings is 1. The second-order valence-corrected chi connectivity index (χ2v) is 20.8. The first-order chi connectivity index (χ1) is 35.0. The third-order valence-electron chi connectivity index (χ3n) is 15.4. The Balaban J connectivity index is 0.664. The highest BCUT2D eigenvalue weighted by Gasteiger charge is 2.33. The fraction of sp³-hybridized carbons (Fsp3) is 0.375. The maximum atomic E-state index is 13.7. The van der Waals surface area contributed by atoms with Crippen LogP contribution in [0.25, 0.3) is 32.2 Å². The topological polar surface area (TPSA) is 175 Å². The van der Waals surface area contributed by atoms with Crippen LogP contribution in [0.5, 0.6) is 5.75 Å². The number of nitrogens with one attached hydrogen (secondary N) is 2. The van der Waals surface area contributed by atoms with Crippen LogP contribution in [0.4, 0.5) is 16.6 Å². The van der Waals surface area contributed by atoms with Gasteiger partial charge in [-0.2, -0.15) is 5.10 Å². The molecule has 3 aliphatic heterocycles. The van der Waals surface area contributed by atoms with Crippen LogP contribution in [-0.2, 0) is 29.6 Å². The van der Waals surface area contributed by atoms with Gasteiger partial charge in [0.2, 0.25) is 11.8 Å². The molecule has 1 unspecified atom stereocenters. The predicted octanol–water partition coefficient (Wildman–Crippen LogP) is 9.13. The van der Waals surface area contributed by atoms with E-state index in [1.54, 1.807) is 0 Å². The molecule has 2 saturated heterocycles. The van der Waals surface area contributed by atoms with Gasteiger partial charge in [-0.05, 0) is 148 Å². The van der Waals surface area contributed by atoms with Crippen LogP contribution in [0.2, 0.25) is 0 Å². The number of anilines is 3. The molecule has 4 aliphatic rings. The van der Waals surface area contributed by atoms with Crippen LogP contribution in [-0.4, -0.2) is 98.8 Å². The quantitative estimate of drug-likeness (QED) is 0.0937. The zero-order valence-electron chi connectivity index (χ0n) is 40.7. The number of imide groups is 1. The van der Waals surface area contributed by atoms with Crippen molar-refractivity contribution in [3.8, 4) is 16.9 Å². The zero-order valence-corrected chi connectivity index (χ0v) is 41.5. The van der Waals surface area contributed by atoms with E-state index in [0.29, 0.717) is 60.3 Å². The number of fused-ring (bicyclic) bond motifs is 3. The van der Waals surface area contributed by atoms with E-state index in [1.807, 2.05) is 96.3 Å². The Labute approximate surface area is 422 Å². The second-order valence-electron chi connectivity index (χ2n) is 19.8. The van der Waals surface area contributed by atoms with Crippen LogP contribution in [0.3, 0.4) is 0 Å². The second kappa shape index (κ2) is 20.1. The highest BCUT2D eigenvalue weighted by Crippen LogP contribution is 2.38. The predicted molar refractivity (Wildman–Crippen MR) is 280 cm³/mol. The largest absolute Gasteiger partial charge is 0.490 e. The Morgan fingerprint density at radius 1 is 0.847 bits per heavy atom. The lowest BCUT2D eigenvalue weighted by Crippen LogP contribution is -2.46. The minimum atomic E-state index is -1.10. The van der Waals surface area contributed by atoms with Crippen LogP contribution in [0, 0.1) is 12.8 Å². The standard InChI is InChI=1S/C56H59N9O6S/c1-34-39(40-21-23-49(58-52(40)55(69)70)65-27-25-36-9-5-11-41(44(36)33-65)53(67)60-56-57-45-12-3-4-14-48(45)72-56)10-6-13-47(34)71-38-18-15-35(16-19-38)8-7-26-63-28-30-64(31-29-63)37-17-20-42-46(32-37)62(2)61-51(42)43-22-24-50(66)59-54(43)68/h3-6,9-14,17,20-21,23,32,35,38,43H,7-8,15-16,18-19,22,24-31,33H2,1-2H3,(H,69,70)(H,57,60,67)(H,59,66,68). The van der Waals surface area contributed by atoms with Crippen molar-refractivity contribution in [2.45, 2.75) is 83.3 Å². The van der Waals surface area contributed by atoms with Gasteiger partial charge < -0.3 is 19.6 Å². The first-order valence-electron chi connectivity index (χ1n) is 25.3. The smallest absolute Gasteiger partial charge is 0.355 e. The van der Waals surface area contributed by atoms with Gasteiger partial charge in [-0.15, -0.1) is 0 Å². The molecule has 16 heteroatoms. The van der Waals surface area contributed by atoms with Crippen molar-refractivity contribution in [2.75, 3.05) is 54.4 Å². The van der Waals surface area contributed by atoms with Gasteiger partial charge >= 0.3 is 5.97 Å². The number of rotatable bonds is 13. The summed E-state index contributed by atoms with van der Waals surface area (Å²) in [5, 5.41) is 22.3. The summed E-state index contributed by atoms with van der Waals surface area (Å²) in [4.78, 5) is 67.3. The lowest BCUT2D eigenvalue weighted by Gasteiger charge is -2.36. The van der Waals surface area contributed by atoms with Crippen LogP contribution < -0.4 is 25.2 Å². The first-order valence-corrected chi connectivity index (χ1v) is 26.2. The van der Waals surface area contributed by atoms with E-state index in [9.17, 15) is 24.3 Å². The lowest BCUT2D eigenvalue weighted by atomic mass is 9.84. The summed E-state index contributed by atoms with van der Waals surface area (Å²) in [5.74, 6) is -0.212. The van der Waals surface area contributed by atoms with Gasteiger partial charge in [0.1, 0.15) is 11.6 Å². The van der Waals surface area contributed by atoms with E-state index < -0.39 is 11.9 Å². The molecule has 0 radical (unpaired) electrons. The summed E-state index contributed by atoms with van der Waals surface area (Å²) >= 11 is 1.44. The zero-order chi connectivity index (χ0) is 49.5. The number of amides is 3. The molecule has 3 aromatic heterocycles. The van der Waals surface area contributed by atoms with Crippen molar-refractivity contribution in [1.82, 2.24) is 30.0 Å². The van der Waals surface area contributed by atoms with E-state index >= 15 is 0 Å². The van der Waals surface area contributed by atoms with Gasteiger partial charge in [-0.25, -0.2) is 14.8 Å². The molecule has 3 N–H and O–H groups in total. The highest BCUT2D eigenvalue weighted by molar-refractivity contribution is 7.22. The molecule has 1 atom stereocenters. The number of aryl methyl sites for hydroxylation is 1. The molecule has 6 heterocycles. The number of hydrogen-bond donors (Lipinski definition) is 3. The Morgan fingerprint density at radius 3 is 2.47 bits per heavy atom. The van der Waals surface area contributed by atoms with Crippen LogP contribution in [0.15, 0.2) is 91.0 Å². The minimum absolute atomic E-state index is 0.0195. The molecule has 7 aromatic rings. The summed E-state index contributed by atoms with van der Waals surface area (Å²) in [6.45, 7) is 8.09. The van der Waals surface area contributed by atoms with Gasteiger partial charge in [-0.1, -0.05) is 47.7 Å². The average Bonchev–Trinajstić information content (AvgIpc) is 3.96. The van der Waals surface area contributed by atoms with E-state index in [2.05, 4.69) is 43.6 Å². The molecule has 15 nitrogen and oxygen atoms in total. The SMILES string of the molecule is Cc1c(OC2CCC(CCCN3CCN(c4ccc5c(C6CCC(=O)NC6=O)nn(C)c5c4)CC3)CC2)cccc1-c1ccc(N2CCc3cccc(C(=O)Nc4nc5ccccc5s4)c3C2)nc1C(=O)O. The summed E-state index contributed by atoms with van der Waals surface area (Å²) in [7, 11) is 1.92. The number of pyridine rings is 1. The third-order valence-corrected chi connectivity index (χ3v) is 16.3. The molecular weight excluding hydrogens is 927 g/mol. The molecule has 1 saturated carbocycles. The van der Waals surface area contributed by atoms with Crippen molar-refractivity contribution < 1.29 is 29.0 Å². The highest BCUT2D eigenvalue weighted by atomic mass is 32.1. The molecule has 0 bridgehead atoms. The van der Waals surface area contributed by atoms with Crippen molar-refractivity contribution >= 4 is 72.8 Å². The van der Waals surface area contributed by atoms with Crippen LogP contribution >= 0.6 is 11.3 Å². The summed E-state index contributed by atoms with van der Waals surface area (Å²) < 4.78 is 9.54. The van der Waals surface area contributed by atoms with Gasteiger partial charge in [0.05, 0.1) is 33.4 Å². The van der Waals surface area contributed by atoms with E-state index in [4.69, 9.17) is 14.8 Å². The van der Waals surface area contributed by atoms with E-state index in [0.717, 1.165) is 113 Å². The molecule has 3 amide bonds. The number of carboxylic acids is 1. The van der Waals surface area contributed by atoms with E-state index in [1.165, 1.54) is 29.9 Å². The number of aromatic nitrogens is 4. The molecular formula is C56H59N9O6S. The third kappa shape index (κ3) is 9.64. The Bertz CT molecular complexity index is 3190. The lowest BCUT2D eigenvalue weighted by molar-refractivity contribution is -0.134. The number of piperidine rings is 1.